The molecule has 168 valence electrons. The summed E-state index contributed by atoms with van der Waals surface area (Å²) >= 11 is 0. The number of rotatable bonds is 6. The van der Waals surface area contributed by atoms with Gasteiger partial charge in [-0.15, -0.1) is 0 Å². The lowest BCUT2D eigenvalue weighted by Gasteiger charge is -2.34. The largest absolute Gasteiger partial charge is 0.497 e. The third kappa shape index (κ3) is 3.78. The maximum absolute atomic E-state index is 13.7. The summed E-state index contributed by atoms with van der Waals surface area (Å²) < 4.78 is 16.1. The van der Waals surface area contributed by atoms with E-state index in [1.807, 2.05) is 11.9 Å². The summed E-state index contributed by atoms with van der Waals surface area (Å²) in [5.41, 5.74) is 1.86. The molecule has 0 radical (unpaired) electrons. The number of nitrogens with zero attached hydrogens (tertiary/aromatic N) is 3. The molecule has 0 spiro atoms. The zero-order chi connectivity index (χ0) is 22.8. The second-order valence-electron chi connectivity index (χ2n) is 7.73. The van der Waals surface area contributed by atoms with Crippen molar-refractivity contribution < 1.29 is 23.8 Å². The van der Waals surface area contributed by atoms with Crippen LogP contribution in [0.2, 0.25) is 0 Å². The van der Waals surface area contributed by atoms with Crippen LogP contribution in [0, 0.1) is 0 Å². The molecule has 2 amide bonds. The SMILES string of the molecule is COc1cccc(N2C(=O)C(c3ccc(OC)c(OC)c3)=C(N3CCN(C)CC3)C2=O)c1. The first-order valence-electron chi connectivity index (χ1n) is 10.4. The van der Waals surface area contributed by atoms with Gasteiger partial charge < -0.3 is 24.0 Å². The summed E-state index contributed by atoms with van der Waals surface area (Å²) in [4.78, 5) is 32.8. The zero-order valence-corrected chi connectivity index (χ0v) is 18.8. The van der Waals surface area contributed by atoms with Gasteiger partial charge in [0.1, 0.15) is 11.4 Å². The van der Waals surface area contributed by atoms with Crippen molar-refractivity contribution in [2.24, 2.45) is 0 Å². The highest BCUT2D eigenvalue weighted by atomic mass is 16.5. The molecule has 1 fully saturated rings. The quantitative estimate of drug-likeness (QED) is 0.642. The van der Waals surface area contributed by atoms with Crippen molar-refractivity contribution in [3.8, 4) is 17.2 Å². The van der Waals surface area contributed by atoms with Gasteiger partial charge in [0, 0.05) is 32.2 Å². The second kappa shape index (κ2) is 8.92. The minimum absolute atomic E-state index is 0.336. The van der Waals surface area contributed by atoms with Crippen molar-refractivity contribution >= 4 is 23.1 Å². The van der Waals surface area contributed by atoms with E-state index in [9.17, 15) is 9.59 Å². The fourth-order valence-corrected chi connectivity index (χ4v) is 4.08. The molecule has 0 unspecified atom stereocenters. The molecule has 4 rings (SSSR count). The molecule has 8 heteroatoms. The second-order valence-corrected chi connectivity index (χ2v) is 7.73. The van der Waals surface area contributed by atoms with Crippen LogP contribution in [0.25, 0.3) is 5.57 Å². The van der Waals surface area contributed by atoms with Crippen molar-refractivity contribution in [2.75, 3.05) is 59.5 Å². The third-order valence-electron chi connectivity index (χ3n) is 5.86. The number of amides is 2. The van der Waals surface area contributed by atoms with Gasteiger partial charge in [-0.25, -0.2) is 4.90 Å². The summed E-state index contributed by atoms with van der Waals surface area (Å²) in [6.45, 7) is 2.94. The van der Waals surface area contributed by atoms with Gasteiger partial charge in [-0.05, 0) is 36.9 Å². The first-order chi connectivity index (χ1) is 15.5. The number of piperazine rings is 1. The maximum Gasteiger partial charge on any atom is 0.282 e. The average molecular weight is 437 g/mol. The zero-order valence-electron chi connectivity index (χ0n) is 18.8. The smallest absolute Gasteiger partial charge is 0.282 e. The molecule has 0 N–H and O–H groups in total. The molecule has 8 nitrogen and oxygen atoms in total. The Labute approximate surface area is 187 Å². The molecule has 32 heavy (non-hydrogen) atoms. The number of ether oxygens (including phenoxy) is 3. The topological polar surface area (TPSA) is 71.6 Å². The lowest BCUT2D eigenvalue weighted by Crippen LogP contribution is -2.46. The summed E-state index contributed by atoms with van der Waals surface area (Å²) in [6.07, 6.45) is 0. The van der Waals surface area contributed by atoms with E-state index in [-0.39, 0.29) is 11.8 Å². The third-order valence-corrected chi connectivity index (χ3v) is 5.86. The van der Waals surface area contributed by atoms with E-state index in [0.29, 0.717) is 52.9 Å². The van der Waals surface area contributed by atoms with Crippen molar-refractivity contribution in [3.63, 3.8) is 0 Å². The Morgan fingerprint density at radius 2 is 1.50 bits per heavy atom. The number of anilines is 1. The minimum Gasteiger partial charge on any atom is -0.497 e. The van der Waals surface area contributed by atoms with E-state index in [2.05, 4.69) is 4.90 Å². The van der Waals surface area contributed by atoms with Gasteiger partial charge in [0.2, 0.25) is 0 Å². The first-order valence-corrected chi connectivity index (χ1v) is 10.4. The van der Waals surface area contributed by atoms with Gasteiger partial charge in [-0.1, -0.05) is 12.1 Å². The number of likely N-dealkylation sites (N-methyl/N-ethyl adjacent to an activating group) is 1. The molecule has 2 heterocycles. The predicted molar refractivity (Wildman–Crippen MR) is 121 cm³/mol. The standard InChI is InChI=1S/C24H27N3O5/c1-25-10-12-26(13-11-25)22-21(16-8-9-19(31-3)20(14-16)32-4)23(28)27(24(22)29)17-6-5-7-18(15-17)30-2/h5-9,14-15H,10-13H2,1-4H3. The maximum atomic E-state index is 13.7. The van der Waals surface area contributed by atoms with Gasteiger partial charge in [0.05, 0.1) is 32.6 Å². The number of carbonyl (C=O) groups is 2. The van der Waals surface area contributed by atoms with E-state index in [1.54, 1.807) is 63.8 Å². The van der Waals surface area contributed by atoms with Gasteiger partial charge in [0.25, 0.3) is 11.8 Å². The van der Waals surface area contributed by atoms with E-state index in [0.717, 1.165) is 13.1 Å². The molecule has 0 aliphatic carbocycles. The summed E-state index contributed by atoms with van der Waals surface area (Å²) in [7, 11) is 6.70. The molecule has 0 saturated carbocycles. The normalized spacial score (nSPS) is 17.2. The molecule has 1 saturated heterocycles. The Morgan fingerprint density at radius 1 is 0.781 bits per heavy atom. The minimum atomic E-state index is -0.371. The number of methoxy groups -OCH3 is 3. The van der Waals surface area contributed by atoms with Crippen molar-refractivity contribution in [1.29, 1.82) is 0 Å². The average Bonchev–Trinajstić information content (AvgIpc) is 3.09. The highest BCUT2D eigenvalue weighted by Gasteiger charge is 2.43. The number of carbonyl (C=O) groups excluding carboxylic acids is 2. The summed E-state index contributed by atoms with van der Waals surface area (Å²) in [6, 6.07) is 12.2. The van der Waals surface area contributed by atoms with Crippen molar-refractivity contribution in [1.82, 2.24) is 9.80 Å². The van der Waals surface area contributed by atoms with Crippen LogP contribution in [0.4, 0.5) is 5.69 Å². The molecule has 2 aliphatic rings. The Bertz CT molecular complexity index is 1070. The predicted octanol–water partition coefficient (Wildman–Crippen LogP) is 2.24. The van der Waals surface area contributed by atoms with Gasteiger partial charge in [-0.2, -0.15) is 0 Å². The Hall–Kier alpha value is -3.52. The first kappa shape index (κ1) is 21.7. The van der Waals surface area contributed by atoms with Crippen LogP contribution < -0.4 is 19.1 Å². The van der Waals surface area contributed by atoms with Gasteiger partial charge >= 0.3 is 0 Å². The van der Waals surface area contributed by atoms with Crippen molar-refractivity contribution in [3.05, 3.63) is 53.7 Å². The molecule has 0 atom stereocenters. The Balaban J connectivity index is 1.83. The lowest BCUT2D eigenvalue weighted by atomic mass is 10.0. The van der Waals surface area contributed by atoms with Gasteiger partial charge in [0.15, 0.2) is 11.5 Å². The molecule has 0 aromatic heterocycles. The van der Waals surface area contributed by atoms with Gasteiger partial charge in [-0.3, -0.25) is 9.59 Å². The van der Waals surface area contributed by atoms with Crippen LogP contribution in [0.15, 0.2) is 48.2 Å². The van der Waals surface area contributed by atoms with Crippen LogP contribution >= 0.6 is 0 Å². The van der Waals surface area contributed by atoms with E-state index in [1.165, 1.54) is 4.90 Å². The Kier molecular flexibility index (Phi) is 6.05. The highest BCUT2D eigenvalue weighted by molar-refractivity contribution is 6.45. The summed E-state index contributed by atoms with van der Waals surface area (Å²) in [5, 5.41) is 0. The molecule has 2 aromatic rings. The number of benzene rings is 2. The number of imide groups is 1. The van der Waals surface area contributed by atoms with Crippen LogP contribution in [0.1, 0.15) is 5.56 Å². The van der Waals surface area contributed by atoms with E-state index < -0.39 is 0 Å². The fourth-order valence-electron chi connectivity index (χ4n) is 4.08. The highest BCUT2D eigenvalue weighted by Crippen LogP contribution is 2.38. The lowest BCUT2D eigenvalue weighted by molar-refractivity contribution is -0.120. The number of hydrogen-bond acceptors (Lipinski definition) is 7. The van der Waals surface area contributed by atoms with Crippen LogP contribution in [-0.2, 0) is 9.59 Å². The van der Waals surface area contributed by atoms with Crippen LogP contribution in [0.5, 0.6) is 17.2 Å². The van der Waals surface area contributed by atoms with Crippen LogP contribution in [-0.4, -0.2) is 76.2 Å². The van der Waals surface area contributed by atoms with E-state index in [4.69, 9.17) is 14.2 Å². The molecular formula is C24H27N3O5. The number of hydrogen-bond donors (Lipinski definition) is 0. The molecule has 0 bridgehead atoms. The molecule has 2 aliphatic heterocycles. The molecular weight excluding hydrogens is 410 g/mol. The monoisotopic (exact) mass is 437 g/mol. The molecule has 2 aromatic carbocycles. The van der Waals surface area contributed by atoms with Crippen molar-refractivity contribution in [2.45, 2.75) is 0 Å². The fraction of sp³-hybridized carbons (Fsp3) is 0.333. The van der Waals surface area contributed by atoms with Crippen LogP contribution in [0.3, 0.4) is 0 Å². The van der Waals surface area contributed by atoms with E-state index >= 15 is 0 Å². The summed E-state index contributed by atoms with van der Waals surface area (Å²) in [5.74, 6) is 0.917. The Morgan fingerprint density at radius 3 is 2.16 bits per heavy atom.